The highest BCUT2D eigenvalue weighted by molar-refractivity contribution is 7.22. The lowest BCUT2D eigenvalue weighted by Gasteiger charge is -2.29. The van der Waals surface area contributed by atoms with Gasteiger partial charge in [0, 0.05) is 31.7 Å². The van der Waals surface area contributed by atoms with Crippen molar-refractivity contribution in [1.29, 1.82) is 0 Å². The lowest BCUT2D eigenvalue weighted by Crippen LogP contribution is -2.43. The third kappa shape index (κ3) is 4.95. The molecule has 2 heterocycles. The van der Waals surface area contributed by atoms with E-state index in [-0.39, 0.29) is 5.56 Å². The molecule has 0 aliphatic carbocycles. The molecule has 32 heavy (non-hydrogen) atoms. The molecule has 1 aromatic heterocycles. The van der Waals surface area contributed by atoms with Crippen LogP contribution in [0.3, 0.4) is 0 Å². The summed E-state index contributed by atoms with van der Waals surface area (Å²) in [7, 11) is 0. The number of fused-ring (bicyclic) bond motifs is 1. The van der Waals surface area contributed by atoms with E-state index in [1.807, 2.05) is 26.0 Å². The number of anilines is 1. The zero-order valence-corrected chi connectivity index (χ0v) is 18.7. The van der Waals surface area contributed by atoms with Gasteiger partial charge in [-0.05, 0) is 49.2 Å². The number of hydrogen-bond donors (Lipinski definition) is 0. The number of nitrogens with zero attached hydrogens (tertiary/aromatic N) is 3. The third-order valence-corrected chi connectivity index (χ3v) is 6.50. The van der Waals surface area contributed by atoms with E-state index in [0.717, 1.165) is 46.6 Å². The minimum absolute atomic E-state index is 0.00559. The smallest absolute Gasteiger partial charge is 0.379 e. The van der Waals surface area contributed by atoms with Crippen LogP contribution in [-0.4, -0.2) is 55.2 Å². The van der Waals surface area contributed by atoms with Gasteiger partial charge in [0.05, 0.1) is 29.0 Å². The Balaban J connectivity index is 1.69. The Morgan fingerprint density at radius 1 is 1.19 bits per heavy atom. The van der Waals surface area contributed by atoms with Gasteiger partial charge in [-0.15, -0.1) is 0 Å². The van der Waals surface area contributed by atoms with Crippen LogP contribution in [0.25, 0.3) is 10.2 Å². The van der Waals surface area contributed by atoms with Crippen LogP contribution in [0.2, 0.25) is 0 Å². The predicted octanol–water partition coefficient (Wildman–Crippen LogP) is 4.91. The van der Waals surface area contributed by atoms with Crippen molar-refractivity contribution in [1.82, 2.24) is 9.88 Å². The third-order valence-electron chi connectivity index (χ3n) is 5.47. The largest absolute Gasteiger partial charge is 0.416 e. The van der Waals surface area contributed by atoms with Gasteiger partial charge in [0.15, 0.2) is 5.13 Å². The van der Waals surface area contributed by atoms with Gasteiger partial charge >= 0.3 is 6.18 Å². The van der Waals surface area contributed by atoms with Gasteiger partial charge in [-0.2, -0.15) is 13.2 Å². The Morgan fingerprint density at radius 2 is 1.94 bits per heavy atom. The molecule has 5 nitrogen and oxygen atoms in total. The van der Waals surface area contributed by atoms with E-state index >= 15 is 0 Å². The first-order chi connectivity index (χ1) is 15.2. The standard InChI is InChI=1S/C23H24F3N3O2S/c1-15-12-16(2)20-19(13-15)32-22(27-20)29(7-6-28-8-10-31-11-9-28)21(30)17-4-3-5-18(14-17)23(24,25)26/h3-5,12-14H,6-11H2,1-2H3. The number of benzene rings is 2. The van der Waals surface area contributed by atoms with Crippen molar-refractivity contribution in [2.45, 2.75) is 20.0 Å². The number of aromatic nitrogens is 1. The summed E-state index contributed by atoms with van der Waals surface area (Å²) in [4.78, 5) is 21.8. The molecule has 0 radical (unpaired) electrons. The maximum Gasteiger partial charge on any atom is 0.416 e. The van der Waals surface area contributed by atoms with Crippen molar-refractivity contribution in [2.75, 3.05) is 44.3 Å². The maximum atomic E-state index is 13.4. The van der Waals surface area contributed by atoms with E-state index in [0.29, 0.717) is 31.4 Å². The molecule has 0 saturated carbocycles. The highest BCUT2D eigenvalue weighted by atomic mass is 32.1. The Labute approximate surface area is 188 Å². The second-order valence-electron chi connectivity index (χ2n) is 7.91. The van der Waals surface area contributed by atoms with Crippen LogP contribution in [0, 0.1) is 13.8 Å². The number of thiazole rings is 1. The number of hydrogen-bond acceptors (Lipinski definition) is 5. The average molecular weight is 464 g/mol. The lowest BCUT2D eigenvalue weighted by molar-refractivity contribution is -0.137. The summed E-state index contributed by atoms with van der Waals surface area (Å²) in [5.74, 6) is -0.488. The summed E-state index contributed by atoms with van der Waals surface area (Å²) < 4.78 is 46.0. The van der Waals surface area contributed by atoms with E-state index in [2.05, 4.69) is 4.90 Å². The summed E-state index contributed by atoms with van der Waals surface area (Å²) in [5, 5.41) is 0.490. The van der Waals surface area contributed by atoms with Crippen molar-refractivity contribution >= 4 is 32.6 Å². The van der Waals surface area contributed by atoms with Crippen molar-refractivity contribution in [3.63, 3.8) is 0 Å². The second-order valence-corrected chi connectivity index (χ2v) is 8.92. The van der Waals surface area contributed by atoms with Crippen LogP contribution in [0.1, 0.15) is 27.0 Å². The number of carbonyl (C=O) groups excluding carboxylic acids is 1. The minimum atomic E-state index is -4.51. The van der Waals surface area contributed by atoms with E-state index in [9.17, 15) is 18.0 Å². The van der Waals surface area contributed by atoms with Crippen LogP contribution in [0.15, 0.2) is 36.4 Å². The van der Waals surface area contributed by atoms with E-state index in [1.54, 1.807) is 0 Å². The summed E-state index contributed by atoms with van der Waals surface area (Å²) in [5.41, 5.74) is 2.06. The van der Waals surface area contributed by atoms with E-state index in [1.165, 1.54) is 28.4 Å². The van der Waals surface area contributed by atoms with E-state index < -0.39 is 17.6 Å². The predicted molar refractivity (Wildman–Crippen MR) is 119 cm³/mol. The molecule has 0 unspecified atom stereocenters. The highest BCUT2D eigenvalue weighted by Gasteiger charge is 2.32. The van der Waals surface area contributed by atoms with Gasteiger partial charge in [0.1, 0.15) is 0 Å². The minimum Gasteiger partial charge on any atom is -0.379 e. The molecule has 1 aliphatic heterocycles. The molecule has 0 atom stereocenters. The van der Waals surface area contributed by atoms with Crippen LogP contribution in [0.4, 0.5) is 18.3 Å². The van der Waals surface area contributed by atoms with Gasteiger partial charge in [-0.1, -0.05) is 23.5 Å². The molecule has 170 valence electrons. The quantitative estimate of drug-likeness (QED) is 0.539. The molecule has 0 spiro atoms. The molecule has 1 aliphatic rings. The SMILES string of the molecule is Cc1cc(C)c2nc(N(CCN3CCOCC3)C(=O)c3cccc(C(F)(F)F)c3)sc2c1. The first kappa shape index (κ1) is 22.7. The molecule has 0 N–H and O–H groups in total. The van der Waals surface area contributed by atoms with Crippen molar-refractivity contribution < 1.29 is 22.7 Å². The number of carbonyl (C=O) groups is 1. The number of alkyl halides is 3. The Morgan fingerprint density at radius 3 is 2.66 bits per heavy atom. The average Bonchev–Trinajstić information content (AvgIpc) is 3.18. The van der Waals surface area contributed by atoms with Gasteiger partial charge in [0.25, 0.3) is 5.91 Å². The zero-order valence-electron chi connectivity index (χ0n) is 17.9. The molecule has 3 aromatic rings. The Bertz CT molecular complexity index is 1120. The van der Waals surface area contributed by atoms with Crippen LogP contribution >= 0.6 is 11.3 Å². The van der Waals surface area contributed by atoms with Crippen molar-refractivity contribution in [3.05, 3.63) is 58.7 Å². The Hall–Kier alpha value is -2.49. The molecule has 1 fully saturated rings. The van der Waals surface area contributed by atoms with Crippen LogP contribution in [-0.2, 0) is 10.9 Å². The molecule has 9 heteroatoms. The molecule has 4 rings (SSSR count). The molecule has 0 bridgehead atoms. The highest BCUT2D eigenvalue weighted by Crippen LogP contribution is 2.33. The number of aryl methyl sites for hydroxylation is 2. The molecular weight excluding hydrogens is 439 g/mol. The van der Waals surface area contributed by atoms with Crippen LogP contribution < -0.4 is 4.90 Å². The van der Waals surface area contributed by atoms with Crippen LogP contribution in [0.5, 0.6) is 0 Å². The number of amides is 1. The van der Waals surface area contributed by atoms with Gasteiger partial charge < -0.3 is 4.74 Å². The molecule has 1 saturated heterocycles. The Kier molecular flexibility index (Phi) is 6.50. The fraction of sp³-hybridized carbons (Fsp3) is 0.391. The van der Waals surface area contributed by atoms with Gasteiger partial charge in [-0.25, -0.2) is 4.98 Å². The summed E-state index contributed by atoms with van der Waals surface area (Å²) >= 11 is 1.38. The number of ether oxygens (including phenoxy) is 1. The van der Waals surface area contributed by atoms with Gasteiger partial charge in [-0.3, -0.25) is 14.6 Å². The molecule has 1 amide bonds. The lowest BCUT2D eigenvalue weighted by atomic mass is 10.1. The number of halogens is 3. The zero-order chi connectivity index (χ0) is 22.9. The number of rotatable bonds is 5. The first-order valence-corrected chi connectivity index (χ1v) is 11.2. The molecule has 2 aromatic carbocycles. The summed E-state index contributed by atoms with van der Waals surface area (Å²) in [6.07, 6.45) is -4.51. The van der Waals surface area contributed by atoms with Crippen molar-refractivity contribution in [3.8, 4) is 0 Å². The second kappa shape index (κ2) is 9.17. The van der Waals surface area contributed by atoms with Gasteiger partial charge in [0.2, 0.25) is 0 Å². The fourth-order valence-electron chi connectivity index (χ4n) is 3.81. The topological polar surface area (TPSA) is 45.7 Å². The fourth-order valence-corrected chi connectivity index (χ4v) is 4.98. The summed E-state index contributed by atoms with van der Waals surface area (Å²) in [6.45, 7) is 7.63. The maximum absolute atomic E-state index is 13.4. The van der Waals surface area contributed by atoms with Crippen molar-refractivity contribution in [2.24, 2.45) is 0 Å². The van der Waals surface area contributed by atoms with E-state index in [4.69, 9.17) is 9.72 Å². The summed E-state index contributed by atoms with van der Waals surface area (Å²) in [6, 6.07) is 8.60. The monoisotopic (exact) mass is 463 g/mol. The normalized spacial score (nSPS) is 15.3. The first-order valence-electron chi connectivity index (χ1n) is 10.4. The number of morpholine rings is 1. The molecular formula is C23H24F3N3O2S.